The molecule has 63 heavy (non-hydrogen) atoms. The molecule has 0 bridgehead atoms. The average molecular weight is 833 g/mol. The normalized spacial score (nSPS) is 13.1. The summed E-state index contributed by atoms with van der Waals surface area (Å²) in [5.41, 5.74) is 18.3. The Morgan fingerprint density at radius 3 is 2.03 bits per heavy atom. The number of para-hydroxylation sites is 1. The fraction of sp³-hybridized carbons (Fsp3) is 0.158. The Kier molecular flexibility index (Phi) is 7.42. The first kappa shape index (κ1) is 36.9. The number of fused-ring (bicyclic) bond motifs is 14. The third-order valence-electron chi connectivity index (χ3n) is 13.8. The quantitative estimate of drug-likeness (QED) is 0.180. The van der Waals surface area contributed by atoms with E-state index >= 15 is 0 Å². The van der Waals surface area contributed by atoms with Crippen LogP contribution in [0.1, 0.15) is 58.2 Å². The number of thiophene rings is 1. The molecule has 4 nitrogen and oxygen atoms in total. The highest BCUT2D eigenvalue weighted by atomic mass is 32.1. The van der Waals surface area contributed by atoms with Gasteiger partial charge in [-0.1, -0.05) is 120 Å². The fourth-order valence-electron chi connectivity index (χ4n) is 10.5. The number of nitrogens with one attached hydrogen (secondary N) is 1. The molecule has 12 aromatic rings. The van der Waals surface area contributed by atoms with Crippen molar-refractivity contribution in [1.82, 2.24) is 4.57 Å². The third-order valence-corrected chi connectivity index (χ3v) is 14.9. The topological polar surface area (TPSA) is 43.2 Å². The summed E-state index contributed by atoms with van der Waals surface area (Å²) in [6.45, 7) is 15.9. The Bertz CT molecular complexity index is 3940. The first-order valence-corrected chi connectivity index (χ1v) is 22.9. The van der Waals surface area contributed by atoms with Crippen molar-refractivity contribution in [1.29, 1.82) is 0 Å². The van der Waals surface area contributed by atoms with Crippen molar-refractivity contribution in [2.75, 3.05) is 5.32 Å². The van der Waals surface area contributed by atoms with Gasteiger partial charge < -0.3 is 18.7 Å². The van der Waals surface area contributed by atoms with E-state index in [1.54, 1.807) is 0 Å². The largest absolute Gasteiger partial charge is 0.456 e. The molecular weight excluding hydrogens is 788 g/mol. The van der Waals surface area contributed by atoms with Gasteiger partial charge in [-0.3, -0.25) is 0 Å². The smallest absolute Gasteiger partial charge is 0.198 e. The molecule has 0 amide bonds. The highest BCUT2D eigenvalue weighted by Gasteiger charge is 2.30. The van der Waals surface area contributed by atoms with E-state index in [0.29, 0.717) is 0 Å². The second-order valence-electron chi connectivity index (χ2n) is 19.9. The van der Waals surface area contributed by atoms with E-state index in [-0.39, 0.29) is 10.8 Å². The Morgan fingerprint density at radius 1 is 0.540 bits per heavy atom. The molecule has 1 aliphatic heterocycles. The van der Waals surface area contributed by atoms with Crippen molar-refractivity contribution in [3.05, 3.63) is 150 Å². The molecule has 1 N–H and O–H groups in total. The fourth-order valence-corrected chi connectivity index (χ4v) is 11.7. The lowest BCUT2D eigenvalue weighted by Crippen LogP contribution is -2.37. The van der Waals surface area contributed by atoms with Crippen LogP contribution in [-0.4, -0.2) is 11.8 Å². The van der Waals surface area contributed by atoms with Gasteiger partial charge in [-0.05, 0) is 99.4 Å². The molecule has 4 aromatic heterocycles. The molecule has 0 spiro atoms. The number of nitrogens with zero attached hydrogens (tertiary/aromatic N) is 1. The molecule has 0 aliphatic carbocycles. The Morgan fingerprint density at radius 2 is 1.22 bits per heavy atom. The number of rotatable bonds is 3. The summed E-state index contributed by atoms with van der Waals surface area (Å²) in [4.78, 5) is 0. The predicted molar refractivity (Wildman–Crippen MR) is 272 cm³/mol. The van der Waals surface area contributed by atoms with Gasteiger partial charge in [0.1, 0.15) is 22.3 Å². The molecule has 0 radical (unpaired) electrons. The van der Waals surface area contributed by atoms with Crippen LogP contribution in [0.4, 0.5) is 11.4 Å². The van der Waals surface area contributed by atoms with E-state index in [1.165, 1.54) is 80.8 Å². The van der Waals surface area contributed by atoms with Gasteiger partial charge in [-0.2, -0.15) is 0 Å². The van der Waals surface area contributed by atoms with Crippen LogP contribution in [0, 0.1) is 6.92 Å². The van der Waals surface area contributed by atoms with Gasteiger partial charge >= 0.3 is 0 Å². The number of hydrogen-bond donors (Lipinski definition) is 1. The summed E-state index contributed by atoms with van der Waals surface area (Å²) >= 11 is 1.88. The minimum Gasteiger partial charge on any atom is -0.456 e. The molecule has 13 rings (SSSR count). The van der Waals surface area contributed by atoms with Gasteiger partial charge in [0.15, 0.2) is 7.28 Å². The highest BCUT2D eigenvalue weighted by molar-refractivity contribution is 7.25. The molecular formula is C57H45BN2O2S. The summed E-state index contributed by atoms with van der Waals surface area (Å²) in [5, 5.41) is 13.7. The second kappa shape index (κ2) is 12.7. The standard InChI is InChI=1S/C57H45BN2O2S/c1-30-22-41(37-24-38-35-21-18-32(57(5,6)7)23-48(35)62-49(38)27-44(37)59-33-19-16-31(17-20-33)56(2,3)4)54-55-53(30)42-25-39-34-12-8-10-14-47(34)61-50(39)28-45(42)60(55)46-29-52-40(26-43(46)58-54)36-13-9-11-15-51(36)63-52/h8-29,58-59H,1-7H3. The maximum absolute atomic E-state index is 6.77. The van der Waals surface area contributed by atoms with Gasteiger partial charge in [-0.25, -0.2) is 0 Å². The molecule has 8 aromatic carbocycles. The SMILES string of the molecule is Cc1cc(-c2cc3c(cc2Nc2ccc(C(C)(C)C)cc2)oc2cc(C(C)(C)C)ccc23)c2c3c1c1cc4c(cc1n3-c1cc3sc5ccccc5c3cc1B2)oc1ccccc14. The number of furan rings is 2. The van der Waals surface area contributed by atoms with Gasteiger partial charge in [0.05, 0.1) is 11.2 Å². The molecule has 0 atom stereocenters. The molecule has 0 saturated carbocycles. The molecule has 0 saturated heterocycles. The molecule has 0 unspecified atom stereocenters. The minimum atomic E-state index is 0.00511. The van der Waals surface area contributed by atoms with Crippen molar-refractivity contribution in [2.45, 2.75) is 59.3 Å². The molecule has 304 valence electrons. The van der Waals surface area contributed by atoms with E-state index in [2.05, 4.69) is 192 Å². The molecule has 6 heteroatoms. The van der Waals surface area contributed by atoms with Crippen LogP contribution in [0.15, 0.2) is 142 Å². The summed E-state index contributed by atoms with van der Waals surface area (Å²) in [7, 11) is 0.801. The van der Waals surface area contributed by atoms with Crippen LogP contribution in [0.3, 0.4) is 0 Å². The first-order chi connectivity index (χ1) is 30.4. The number of hydrogen-bond acceptors (Lipinski definition) is 4. The average Bonchev–Trinajstić information content (AvgIpc) is 4.01. The van der Waals surface area contributed by atoms with Crippen LogP contribution < -0.4 is 16.2 Å². The summed E-state index contributed by atoms with van der Waals surface area (Å²) in [5.74, 6) is 0. The Hall–Kier alpha value is -6.76. The summed E-state index contributed by atoms with van der Waals surface area (Å²) < 4.78 is 18.5. The zero-order valence-electron chi connectivity index (χ0n) is 36.6. The van der Waals surface area contributed by atoms with E-state index < -0.39 is 0 Å². The van der Waals surface area contributed by atoms with E-state index in [0.717, 1.165) is 68.1 Å². The number of aryl methyl sites for hydroxylation is 1. The van der Waals surface area contributed by atoms with Crippen LogP contribution in [0.5, 0.6) is 0 Å². The number of anilines is 2. The van der Waals surface area contributed by atoms with E-state index in [4.69, 9.17) is 8.83 Å². The monoisotopic (exact) mass is 832 g/mol. The number of aromatic nitrogens is 1. The third kappa shape index (κ3) is 5.40. The highest BCUT2D eigenvalue weighted by Crippen LogP contribution is 2.45. The predicted octanol–water partition coefficient (Wildman–Crippen LogP) is 15.0. The van der Waals surface area contributed by atoms with Crippen molar-refractivity contribution < 1.29 is 8.83 Å². The molecule has 0 fully saturated rings. The van der Waals surface area contributed by atoms with Crippen LogP contribution in [-0.2, 0) is 10.8 Å². The van der Waals surface area contributed by atoms with Crippen molar-refractivity contribution in [3.63, 3.8) is 0 Å². The van der Waals surface area contributed by atoms with Gasteiger partial charge in [-0.15, -0.1) is 11.3 Å². The summed E-state index contributed by atoms with van der Waals surface area (Å²) in [6.07, 6.45) is 0. The Labute approximate surface area is 370 Å². The van der Waals surface area contributed by atoms with Crippen LogP contribution >= 0.6 is 11.3 Å². The zero-order valence-corrected chi connectivity index (χ0v) is 37.4. The second-order valence-corrected chi connectivity index (χ2v) is 21.0. The van der Waals surface area contributed by atoms with Crippen LogP contribution in [0.2, 0.25) is 0 Å². The Balaban J connectivity index is 1.12. The molecule has 1 aliphatic rings. The van der Waals surface area contributed by atoms with Crippen molar-refractivity contribution >= 4 is 127 Å². The number of benzene rings is 8. The lowest BCUT2D eigenvalue weighted by atomic mass is 9.58. The van der Waals surface area contributed by atoms with Crippen molar-refractivity contribution in [3.8, 4) is 16.8 Å². The van der Waals surface area contributed by atoms with E-state index in [9.17, 15) is 0 Å². The summed E-state index contributed by atoms with van der Waals surface area (Å²) in [6, 6.07) is 49.6. The van der Waals surface area contributed by atoms with Crippen LogP contribution in [0.25, 0.3) is 103 Å². The van der Waals surface area contributed by atoms with Crippen molar-refractivity contribution in [2.24, 2.45) is 0 Å². The van der Waals surface area contributed by atoms with Gasteiger partial charge in [0, 0.05) is 81.7 Å². The van der Waals surface area contributed by atoms with E-state index in [1.807, 2.05) is 11.3 Å². The minimum absolute atomic E-state index is 0.00511. The maximum Gasteiger partial charge on any atom is 0.198 e. The first-order valence-electron chi connectivity index (χ1n) is 22.1. The van der Waals surface area contributed by atoms with Gasteiger partial charge in [0.2, 0.25) is 0 Å². The zero-order chi connectivity index (χ0) is 42.7. The lowest BCUT2D eigenvalue weighted by molar-refractivity contribution is 0.587. The maximum atomic E-state index is 6.77. The molecule has 5 heterocycles. The van der Waals surface area contributed by atoms with Gasteiger partial charge in [0.25, 0.3) is 0 Å². The lowest BCUT2D eigenvalue weighted by Gasteiger charge is -2.25.